The van der Waals surface area contributed by atoms with E-state index in [0.717, 1.165) is 10.9 Å². The fourth-order valence-corrected chi connectivity index (χ4v) is 2.30. The van der Waals surface area contributed by atoms with Crippen molar-refractivity contribution < 1.29 is 8.78 Å². The largest absolute Gasteiger partial charge is 0.346 e. The van der Waals surface area contributed by atoms with Crippen LogP contribution in [0.15, 0.2) is 30.3 Å². The average Bonchev–Trinajstić information content (AvgIpc) is 2.59. The summed E-state index contributed by atoms with van der Waals surface area (Å²) in [6, 6.07) is 9.35. The Morgan fingerprint density at radius 3 is 2.50 bits per heavy atom. The van der Waals surface area contributed by atoms with Crippen molar-refractivity contribution in [3.05, 3.63) is 36.0 Å². The molecule has 1 aromatic carbocycles. The first-order valence-electron chi connectivity index (χ1n) is 5.17. The van der Waals surface area contributed by atoms with Crippen molar-refractivity contribution in [3.8, 4) is 0 Å². The minimum Gasteiger partial charge on any atom is -0.346 e. The van der Waals surface area contributed by atoms with Crippen LogP contribution in [0.25, 0.3) is 10.9 Å². The topological polar surface area (TPSA) is 30.9 Å². The minimum absolute atomic E-state index is 0.260. The summed E-state index contributed by atoms with van der Waals surface area (Å²) in [6.45, 7) is 0. The lowest BCUT2D eigenvalue weighted by molar-refractivity contribution is 0.0875. The third-order valence-corrected chi connectivity index (χ3v) is 3.44. The van der Waals surface area contributed by atoms with Gasteiger partial charge in [-0.2, -0.15) is 0 Å². The highest BCUT2D eigenvalue weighted by molar-refractivity contribution is 5.81. The number of nitrogens with zero attached hydrogens (tertiary/aromatic N) is 1. The third-order valence-electron chi connectivity index (χ3n) is 3.44. The first-order valence-corrected chi connectivity index (χ1v) is 5.17. The summed E-state index contributed by atoms with van der Waals surface area (Å²) in [5.74, 6) is -2.77. The Hall–Kier alpha value is -1.42. The Kier molecular flexibility index (Phi) is 1.61. The van der Waals surface area contributed by atoms with E-state index >= 15 is 0 Å². The van der Waals surface area contributed by atoms with Crippen molar-refractivity contribution in [1.29, 1.82) is 0 Å². The normalized spacial score (nSPS) is 27.2. The SMILES string of the molecule is Cn1c(C2(N)CC2(F)F)cc2ccccc21. The fourth-order valence-electron chi connectivity index (χ4n) is 2.30. The maximum atomic E-state index is 13.2. The molecule has 1 aliphatic carbocycles. The molecule has 2 nitrogen and oxygen atoms in total. The summed E-state index contributed by atoms with van der Waals surface area (Å²) < 4.78 is 28.2. The Morgan fingerprint density at radius 2 is 1.94 bits per heavy atom. The van der Waals surface area contributed by atoms with E-state index in [1.165, 1.54) is 0 Å². The predicted octanol–water partition coefficient (Wildman–Crippen LogP) is 2.37. The lowest BCUT2D eigenvalue weighted by Crippen LogP contribution is -2.29. The number of rotatable bonds is 1. The van der Waals surface area contributed by atoms with Gasteiger partial charge in [0.05, 0.1) is 0 Å². The van der Waals surface area contributed by atoms with Crippen molar-refractivity contribution in [3.63, 3.8) is 0 Å². The van der Waals surface area contributed by atoms with E-state index in [1.807, 2.05) is 24.3 Å². The van der Waals surface area contributed by atoms with Crippen LogP contribution in [-0.4, -0.2) is 10.5 Å². The first-order chi connectivity index (χ1) is 7.46. The molecular formula is C12H12F2N2. The summed E-state index contributed by atoms with van der Waals surface area (Å²) in [7, 11) is 1.78. The molecule has 1 fully saturated rings. The zero-order valence-corrected chi connectivity index (χ0v) is 8.87. The van der Waals surface area contributed by atoms with Gasteiger partial charge in [0.2, 0.25) is 0 Å². The van der Waals surface area contributed by atoms with Crippen molar-refractivity contribution in [2.24, 2.45) is 12.8 Å². The van der Waals surface area contributed by atoms with E-state index in [2.05, 4.69) is 0 Å². The van der Waals surface area contributed by atoms with Crippen LogP contribution in [0, 0.1) is 0 Å². The molecule has 4 heteroatoms. The van der Waals surface area contributed by atoms with Gasteiger partial charge in [-0.25, -0.2) is 8.78 Å². The van der Waals surface area contributed by atoms with Crippen LogP contribution in [-0.2, 0) is 12.6 Å². The molecule has 3 rings (SSSR count). The van der Waals surface area contributed by atoms with Gasteiger partial charge < -0.3 is 10.3 Å². The molecule has 1 saturated carbocycles. The number of para-hydroxylation sites is 1. The molecule has 0 bridgehead atoms. The van der Waals surface area contributed by atoms with Gasteiger partial charge in [-0.05, 0) is 17.5 Å². The summed E-state index contributed by atoms with van der Waals surface area (Å²) in [5.41, 5.74) is 5.72. The van der Waals surface area contributed by atoms with Gasteiger partial charge >= 0.3 is 0 Å². The number of fused-ring (bicyclic) bond motifs is 1. The van der Waals surface area contributed by atoms with E-state index in [-0.39, 0.29) is 6.42 Å². The van der Waals surface area contributed by atoms with Crippen LogP contribution in [0.2, 0.25) is 0 Å². The molecule has 2 aromatic rings. The van der Waals surface area contributed by atoms with E-state index in [1.54, 1.807) is 17.7 Å². The monoisotopic (exact) mass is 222 g/mol. The number of halogens is 2. The highest BCUT2D eigenvalue weighted by Gasteiger charge is 2.71. The Labute approximate surface area is 91.7 Å². The Morgan fingerprint density at radius 1 is 1.31 bits per heavy atom. The Balaban J connectivity index is 2.23. The second-order valence-corrected chi connectivity index (χ2v) is 4.50. The van der Waals surface area contributed by atoms with Gasteiger partial charge in [0.15, 0.2) is 0 Å². The summed E-state index contributed by atoms with van der Waals surface area (Å²) in [6.07, 6.45) is -0.260. The van der Waals surface area contributed by atoms with Gasteiger partial charge in [0, 0.05) is 24.7 Å². The predicted molar refractivity (Wildman–Crippen MR) is 58.3 cm³/mol. The van der Waals surface area contributed by atoms with Crippen LogP contribution in [0.4, 0.5) is 8.78 Å². The molecular weight excluding hydrogens is 210 g/mol. The van der Waals surface area contributed by atoms with Crippen molar-refractivity contribution in [2.45, 2.75) is 17.9 Å². The summed E-state index contributed by atoms with van der Waals surface area (Å²) >= 11 is 0. The number of nitrogens with two attached hydrogens (primary N) is 1. The van der Waals surface area contributed by atoms with Gasteiger partial charge in [-0.15, -0.1) is 0 Å². The van der Waals surface area contributed by atoms with E-state index in [0.29, 0.717) is 5.69 Å². The quantitative estimate of drug-likeness (QED) is 0.789. The van der Waals surface area contributed by atoms with E-state index in [9.17, 15) is 8.78 Å². The fraction of sp³-hybridized carbons (Fsp3) is 0.333. The van der Waals surface area contributed by atoms with Crippen molar-refractivity contribution in [2.75, 3.05) is 0 Å². The molecule has 0 aliphatic heterocycles. The molecule has 2 N–H and O–H groups in total. The maximum Gasteiger partial charge on any atom is 0.273 e. The Bertz CT molecular complexity index is 573. The molecule has 84 valence electrons. The van der Waals surface area contributed by atoms with Crippen LogP contribution in [0.1, 0.15) is 12.1 Å². The van der Waals surface area contributed by atoms with Gasteiger partial charge in [-0.3, -0.25) is 0 Å². The molecule has 0 amide bonds. The van der Waals surface area contributed by atoms with Crippen LogP contribution in [0.5, 0.6) is 0 Å². The number of alkyl halides is 2. The van der Waals surface area contributed by atoms with Crippen molar-refractivity contribution in [1.82, 2.24) is 4.57 Å². The molecule has 1 aliphatic rings. The van der Waals surface area contributed by atoms with Crippen LogP contribution in [0.3, 0.4) is 0 Å². The van der Waals surface area contributed by atoms with Crippen LogP contribution >= 0.6 is 0 Å². The lowest BCUT2D eigenvalue weighted by Gasteiger charge is -2.11. The summed E-state index contributed by atoms with van der Waals surface area (Å²) in [4.78, 5) is 0. The maximum absolute atomic E-state index is 13.2. The highest BCUT2D eigenvalue weighted by atomic mass is 19.3. The first kappa shape index (κ1) is 9.78. The molecule has 1 unspecified atom stereocenters. The number of aromatic nitrogens is 1. The van der Waals surface area contributed by atoms with E-state index < -0.39 is 11.5 Å². The highest BCUT2D eigenvalue weighted by Crippen LogP contribution is 2.57. The second kappa shape index (κ2) is 2.63. The minimum atomic E-state index is -2.77. The van der Waals surface area contributed by atoms with Gasteiger partial charge in [-0.1, -0.05) is 18.2 Å². The summed E-state index contributed by atoms with van der Waals surface area (Å²) in [5, 5.41) is 0.951. The van der Waals surface area contributed by atoms with Crippen LogP contribution < -0.4 is 5.73 Å². The molecule has 16 heavy (non-hydrogen) atoms. The molecule has 0 saturated heterocycles. The molecule has 0 spiro atoms. The molecule has 1 atom stereocenters. The number of hydrogen-bond donors (Lipinski definition) is 1. The smallest absolute Gasteiger partial charge is 0.273 e. The van der Waals surface area contributed by atoms with Crippen molar-refractivity contribution >= 4 is 10.9 Å². The second-order valence-electron chi connectivity index (χ2n) is 4.50. The third kappa shape index (κ3) is 1.02. The molecule has 1 aromatic heterocycles. The number of benzene rings is 1. The lowest BCUT2D eigenvalue weighted by atomic mass is 10.2. The van der Waals surface area contributed by atoms with Gasteiger partial charge in [0.1, 0.15) is 5.54 Å². The average molecular weight is 222 g/mol. The van der Waals surface area contributed by atoms with Gasteiger partial charge in [0.25, 0.3) is 5.92 Å². The molecule has 1 heterocycles. The zero-order valence-electron chi connectivity index (χ0n) is 8.87. The molecule has 0 radical (unpaired) electrons. The number of aryl methyl sites for hydroxylation is 1. The standard InChI is InChI=1S/C12H12F2N2/c1-16-9-5-3-2-4-8(9)6-10(16)11(15)7-12(11,13)14/h2-6H,7,15H2,1H3. The zero-order chi connectivity index (χ0) is 11.6. The van der Waals surface area contributed by atoms with E-state index in [4.69, 9.17) is 5.73 Å². The number of hydrogen-bond acceptors (Lipinski definition) is 1.